The third-order valence-corrected chi connectivity index (χ3v) is 4.52. The van der Waals surface area contributed by atoms with Crippen LogP contribution in [0.2, 0.25) is 0 Å². The maximum absolute atomic E-state index is 11.6. The number of hydrogen-bond acceptors (Lipinski definition) is 4. The lowest BCUT2D eigenvalue weighted by Gasteiger charge is -2.34. The van der Waals surface area contributed by atoms with Gasteiger partial charge in [0, 0.05) is 45.7 Å². The lowest BCUT2D eigenvalue weighted by atomic mass is 10.2. The molecule has 0 bridgehead atoms. The van der Waals surface area contributed by atoms with Gasteiger partial charge in [0.05, 0.1) is 0 Å². The molecule has 1 heterocycles. The number of nitrogens with one attached hydrogen (secondary N) is 2. The highest BCUT2D eigenvalue weighted by Gasteiger charge is 2.16. The standard InChI is InChI=1S/C19H32N4O/c1-20-10-5-9-19(24)21-11-6-12-22-13-15-23(16-14-22)17-18-7-3-2-4-8-18/h2-4,7-8,20H,5-6,9-17H2,1H3,(H,21,24). The largest absolute Gasteiger partial charge is 0.356 e. The molecule has 24 heavy (non-hydrogen) atoms. The molecule has 0 unspecified atom stereocenters. The monoisotopic (exact) mass is 332 g/mol. The van der Waals surface area contributed by atoms with Crippen LogP contribution in [0.1, 0.15) is 24.8 Å². The van der Waals surface area contributed by atoms with Gasteiger partial charge in [-0.15, -0.1) is 0 Å². The predicted octanol–water partition coefficient (Wildman–Crippen LogP) is 1.31. The fraction of sp³-hybridized carbons (Fsp3) is 0.632. The number of amides is 1. The molecule has 1 aromatic rings. The summed E-state index contributed by atoms with van der Waals surface area (Å²) in [5.74, 6) is 0.179. The van der Waals surface area contributed by atoms with Crippen molar-refractivity contribution in [3.05, 3.63) is 35.9 Å². The van der Waals surface area contributed by atoms with Gasteiger partial charge in [-0.2, -0.15) is 0 Å². The third-order valence-electron chi connectivity index (χ3n) is 4.52. The number of carbonyl (C=O) groups excluding carboxylic acids is 1. The van der Waals surface area contributed by atoms with E-state index < -0.39 is 0 Å². The Hall–Kier alpha value is -1.43. The topological polar surface area (TPSA) is 47.6 Å². The van der Waals surface area contributed by atoms with Crippen molar-refractivity contribution in [2.75, 3.05) is 52.9 Å². The number of benzene rings is 1. The number of nitrogens with zero attached hydrogens (tertiary/aromatic N) is 2. The van der Waals surface area contributed by atoms with Crippen molar-refractivity contribution in [3.8, 4) is 0 Å². The van der Waals surface area contributed by atoms with Gasteiger partial charge in [0.25, 0.3) is 0 Å². The Morgan fingerprint density at radius 3 is 2.42 bits per heavy atom. The van der Waals surface area contributed by atoms with Crippen LogP contribution >= 0.6 is 0 Å². The van der Waals surface area contributed by atoms with Crippen LogP contribution in [0.15, 0.2) is 30.3 Å². The van der Waals surface area contributed by atoms with Gasteiger partial charge in [0.2, 0.25) is 5.91 Å². The van der Waals surface area contributed by atoms with Gasteiger partial charge in [-0.25, -0.2) is 0 Å². The first-order valence-electron chi connectivity index (χ1n) is 9.18. The zero-order valence-electron chi connectivity index (χ0n) is 15.0. The summed E-state index contributed by atoms with van der Waals surface area (Å²) >= 11 is 0. The van der Waals surface area contributed by atoms with Crippen molar-refractivity contribution in [2.45, 2.75) is 25.8 Å². The molecule has 0 aromatic heterocycles. The quantitative estimate of drug-likeness (QED) is 0.634. The molecule has 1 aliphatic rings. The Labute approximate surface area is 146 Å². The van der Waals surface area contributed by atoms with E-state index in [0.717, 1.165) is 65.2 Å². The van der Waals surface area contributed by atoms with E-state index in [2.05, 4.69) is 50.8 Å². The smallest absolute Gasteiger partial charge is 0.220 e. The van der Waals surface area contributed by atoms with Gasteiger partial charge >= 0.3 is 0 Å². The minimum Gasteiger partial charge on any atom is -0.356 e. The Kier molecular flexibility index (Phi) is 8.81. The molecule has 0 radical (unpaired) electrons. The molecule has 2 rings (SSSR count). The van der Waals surface area contributed by atoms with Crippen LogP contribution < -0.4 is 10.6 Å². The molecule has 1 amide bonds. The predicted molar refractivity (Wildman–Crippen MR) is 98.9 cm³/mol. The summed E-state index contributed by atoms with van der Waals surface area (Å²) in [5.41, 5.74) is 1.40. The highest BCUT2D eigenvalue weighted by molar-refractivity contribution is 5.75. The van der Waals surface area contributed by atoms with Gasteiger partial charge in [0.1, 0.15) is 0 Å². The molecule has 0 atom stereocenters. The molecule has 0 saturated carbocycles. The summed E-state index contributed by atoms with van der Waals surface area (Å²) in [6, 6.07) is 10.7. The molecule has 1 aliphatic heterocycles. The van der Waals surface area contributed by atoms with E-state index in [1.54, 1.807) is 0 Å². The van der Waals surface area contributed by atoms with Crippen LogP contribution in [-0.2, 0) is 11.3 Å². The minimum atomic E-state index is 0.179. The summed E-state index contributed by atoms with van der Waals surface area (Å²) in [6.07, 6.45) is 2.57. The molecular formula is C19H32N4O. The van der Waals surface area contributed by atoms with Gasteiger partial charge in [0.15, 0.2) is 0 Å². The number of hydrogen-bond donors (Lipinski definition) is 2. The highest BCUT2D eigenvalue weighted by Crippen LogP contribution is 2.08. The maximum Gasteiger partial charge on any atom is 0.220 e. The molecule has 1 saturated heterocycles. The van der Waals surface area contributed by atoms with Crippen LogP contribution in [0.5, 0.6) is 0 Å². The number of rotatable bonds is 10. The molecule has 2 N–H and O–H groups in total. The van der Waals surface area contributed by atoms with E-state index in [1.165, 1.54) is 5.56 Å². The Morgan fingerprint density at radius 2 is 1.71 bits per heavy atom. The van der Waals surface area contributed by atoms with E-state index in [-0.39, 0.29) is 5.91 Å². The van der Waals surface area contributed by atoms with E-state index >= 15 is 0 Å². The maximum atomic E-state index is 11.6. The SMILES string of the molecule is CNCCCC(=O)NCCCN1CCN(Cc2ccccc2)CC1. The Bertz CT molecular complexity index is 458. The zero-order valence-corrected chi connectivity index (χ0v) is 15.0. The molecule has 1 aromatic carbocycles. The van der Waals surface area contributed by atoms with Crippen molar-refractivity contribution in [3.63, 3.8) is 0 Å². The Morgan fingerprint density at radius 1 is 1.00 bits per heavy atom. The number of piperazine rings is 1. The normalized spacial score (nSPS) is 16.2. The van der Waals surface area contributed by atoms with Crippen LogP contribution in [0.4, 0.5) is 0 Å². The summed E-state index contributed by atoms with van der Waals surface area (Å²) < 4.78 is 0. The van der Waals surface area contributed by atoms with Gasteiger partial charge in [-0.05, 0) is 38.5 Å². The Balaban J connectivity index is 1.51. The lowest BCUT2D eigenvalue weighted by Crippen LogP contribution is -2.46. The first kappa shape index (κ1) is 18.9. The van der Waals surface area contributed by atoms with Crippen molar-refractivity contribution in [1.29, 1.82) is 0 Å². The molecule has 134 valence electrons. The molecule has 0 aliphatic carbocycles. The second-order valence-electron chi connectivity index (χ2n) is 6.51. The van der Waals surface area contributed by atoms with E-state index in [4.69, 9.17) is 0 Å². The fourth-order valence-corrected chi connectivity index (χ4v) is 3.06. The second kappa shape index (κ2) is 11.2. The summed E-state index contributed by atoms with van der Waals surface area (Å²) in [4.78, 5) is 16.7. The van der Waals surface area contributed by atoms with Crippen molar-refractivity contribution >= 4 is 5.91 Å². The summed E-state index contributed by atoms with van der Waals surface area (Å²) in [6.45, 7) is 8.35. The third kappa shape index (κ3) is 7.43. The van der Waals surface area contributed by atoms with Crippen LogP contribution in [0.25, 0.3) is 0 Å². The molecular weight excluding hydrogens is 300 g/mol. The lowest BCUT2D eigenvalue weighted by molar-refractivity contribution is -0.121. The molecule has 0 spiro atoms. The van der Waals surface area contributed by atoms with Crippen LogP contribution in [-0.4, -0.2) is 68.6 Å². The van der Waals surface area contributed by atoms with Crippen molar-refractivity contribution in [2.24, 2.45) is 0 Å². The summed E-state index contributed by atoms with van der Waals surface area (Å²) in [5, 5.41) is 6.08. The zero-order chi connectivity index (χ0) is 17.0. The van der Waals surface area contributed by atoms with Crippen molar-refractivity contribution in [1.82, 2.24) is 20.4 Å². The van der Waals surface area contributed by atoms with Gasteiger partial charge in [-0.3, -0.25) is 9.69 Å². The molecule has 5 nitrogen and oxygen atoms in total. The minimum absolute atomic E-state index is 0.179. The van der Waals surface area contributed by atoms with Crippen LogP contribution in [0, 0.1) is 0 Å². The average molecular weight is 332 g/mol. The first-order chi connectivity index (χ1) is 11.8. The van der Waals surface area contributed by atoms with E-state index in [0.29, 0.717) is 6.42 Å². The van der Waals surface area contributed by atoms with E-state index in [1.807, 2.05) is 7.05 Å². The second-order valence-corrected chi connectivity index (χ2v) is 6.51. The molecule has 5 heteroatoms. The first-order valence-corrected chi connectivity index (χ1v) is 9.18. The van der Waals surface area contributed by atoms with Crippen molar-refractivity contribution < 1.29 is 4.79 Å². The summed E-state index contributed by atoms with van der Waals surface area (Å²) in [7, 11) is 1.91. The average Bonchev–Trinajstić information content (AvgIpc) is 2.61. The van der Waals surface area contributed by atoms with Gasteiger partial charge < -0.3 is 15.5 Å². The van der Waals surface area contributed by atoms with Crippen LogP contribution in [0.3, 0.4) is 0 Å². The van der Waals surface area contributed by atoms with Gasteiger partial charge in [-0.1, -0.05) is 30.3 Å². The highest BCUT2D eigenvalue weighted by atomic mass is 16.1. The molecule has 1 fully saturated rings. The van der Waals surface area contributed by atoms with E-state index in [9.17, 15) is 4.79 Å². The number of carbonyl (C=O) groups is 1. The fourth-order valence-electron chi connectivity index (χ4n) is 3.06.